The van der Waals surface area contributed by atoms with Gasteiger partial charge in [-0.15, -0.1) is 0 Å². The molecule has 0 amide bonds. The largest absolute Gasteiger partial charge is 0.316 e. The molecule has 0 radical (unpaired) electrons. The van der Waals surface area contributed by atoms with Crippen LogP contribution in [0.4, 0.5) is 0 Å². The number of hydrogen-bond donors (Lipinski definition) is 1. The molecule has 0 aromatic rings. The van der Waals surface area contributed by atoms with Gasteiger partial charge in [0.25, 0.3) is 0 Å². The van der Waals surface area contributed by atoms with E-state index < -0.39 is 0 Å². The summed E-state index contributed by atoms with van der Waals surface area (Å²) >= 11 is 0. The van der Waals surface area contributed by atoms with Gasteiger partial charge in [0.2, 0.25) is 0 Å². The minimum Gasteiger partial charge on any atom is -0.316 e. The van der Waals surface area contributed by atoms with Crippen LogP contribution in [0.2, 0.25) is 0 Å². The van der Waals surface area contributed by atoms with Gasteiger partial charge in [-0.25, -0.2) is 0 Å². The molecule has 0 aromatic heterocycles. The van der Waals surface area contributed by atoms with Crippen LogP contribution in [0.15, 0.2) is 0 Å². The Bertz CT molecular complexity index is 288. The molecule has 2 rings (SSSR count). The van der Waals surface area contributed by atoms with Crippen LogP contribution in [0.1, 0.15) is 97.3 Å². The third-order valence-corrected chi connectivity index (χ3v) is 6.41. The molecule has 1 spiro atoms. The standard InChI is InChI=1S/C21H42N2/c1-3-5-7-9-11-13-20(12-10-8-6-4-2)23-16-14-21(15-17-23)18-22-19-21/h20,22H,3-19H2,1-2H3. The van der Waals surface area contributed by atoms with E-state index in [9.17, 15) is 0 Å². The van der Waals surface area contributed by atoms with E-state index >= 15 is 0 Å². The summed E-state index contributed by atoms with van der Waals surface area (Å²) in [6.45, 7) is 9.96. The van der Waals surface area contributed by atoms with Crippen LogP contribution in [0.5, 0.6) is 0 Å². The van der Waals surface area contributed by atoms with E-state index in [1.54, 1.807) is 0 Å². The predicted octanol–water partition coefficient (Wildman–Crippen LogP) is 5.37. The van der Waals surface area contributed by atoms with Crippen LogP contribution in [-0.2, 0) is 0 Å². The molecule has 0 saturated carbocycles. The molecular weight excluding hydrogens is 280 g/mol. The summed E-state index contributed by atoms with van der Waals surface area (Å²) < 4.78 is 0. The van der Waals surface area contributed by atoms with Crippen molar-refractivity contribution in [1.29, 1.82) is 0 Å². The fourth-order valence-corrected chi connectivity index (χ4v) is 4.50. The molecule has 2 aliphatic rings. The van der Waals surface area contributed by atoms with Crippen LogP contribution in [0.25, 0.3) is 0 Å². The third-order valence-electron chi connectivity index (χ3n) is 6.41. The fraction of sp³-hybridized carbons (Fsp3) is 1.00. The van der Waals surface area contributed by atoms with Gasteiger partial charge in [0.15, 0.2) is 0 Å². The summed E-state index contributed by atoms with van der Waals surface area (Å²) in [5, 5.41) is 3.50. The van der Waals surface area contributed by atoms with Crippen LogP contribution in [0, 0.1) is 5.41 Å². The molecule has 23 heavy (non-hydrogen) atoms. The second-order valence-corrected chi connectivity index (χ2v) is 8.35. The molecule has 0 aliphatic carbocycles. The summed E-state index contributed by atoms with van der Waals surface area (Å²) in [7, 11) is 0. The Hall–Kier alpha value is -0.0800. The van der Waals surface area contributed by atoms with Crippen molar-refractivity contribution < 1.29 is 0 Å². The molecule has 2 saturated heterocycles. The molecule has 0 bridgehead atoms. The highest BCUT2D eigenvalue weighted by Gasteiger charge is 2.40. The zero-order valence-electron chi connectivity index (χ0n) is 16.0. The molecule has 136 valence electrons. The Morgan fingerprint density at radius 1 is 0.783 bits per heavy atom. The summed E-state index contributed by atoms with van der Waals surface area (Å²) in [6.07, 6.45) is 18.7. The van der Waals surface area contributed by atoms with Crippen LogP contribution < -0.4 is 5.32 Å². The highest BCUT2D eigenvalue weighted by atomic mass is 15.2. The van der Waals surface area contributed by atoms with E-state index in [-0.39, 0.29) is 0 Å². The number of likely N-dealkylation sites (tertiary alicyclic amines) is 1. The van der Waals surface area contributed by atoms with Gasteiger partial charge in [-0.05, 0) is 44.2 Å². The van der Waals surface area contributed by atoms with Gasteiger partial charge < -0.3 is 10.2 Å². The van der Waals surface area contributed by atoms with Gasteiger partial charge in [0.1, 0.15) is 0 Å². The molecule has 2 heteroatoms. The lowest BCUT2D eigenvalue weighted by Gasteiger charge is -2.50. The number of hydrogen-bond acceptors (Lipinski definition) is 2. The molecule has 2 aliphatic heterocycles. The molecule has 0 aromatic carbocycles. The Kier molecular flexibility index (Phi) is 8.97. The quantitative estimate of drug-likeness (QED) is 0.486. The number of unbranched alkanes of at least 4 members (excludes halogenated alkanes) is 7. The minimum absolute atomic E-state index is 0.699. The number of piperidine rings is 1. The van der Waals surface area contributed by atoms with E-state index in [2.05, 4.69) is 24.1 Å². The first-order valence-corrected chi connectivity index (χ1v) is 10.7. The molecule has 2 heterocycles. The molecule has 2 fully saturated rings. The van der Waals surface area contributed by atoms with Crippen LogP contribution in [0.3, 0.4) is 0 Å². The van der Waals surface area contributed by atoms with E-state index in [0.29, 0.717) is 5.41 Å². The van der Waals surface area contributed by atoms with Crippen molar-refractivity contribution in [2.75, 3.05) is 26.2 Å². The lowest BCUT2D eigenvalue weighted by Crippen LogP contribution is -2.59. The maximum Gasteiger partial charge on any atom is 0.00952 e. The van der Waals surface area contributed by atoms with Gasteiger partial charge in [0.05, 0.1) is 0 Å². The SMILES string of the molecule is CCCCCCCC(CCCCCC)N1CCC2(CC1)CNC2. The lowest BCUT2D eigenvalue weighted by molar-refractivity contribution is 0.0295. The summed E-state index contributed by atoms with van der Waals surface area (Å²) in [6, 6.07) is 0.888. The molecular formula is C21H42N2. The van der Waals surface area contributed by atoms with Crippen molar-refractivity contribution >= 4 is 0 Å². The van der Waals surface area contributed by atoms with Crippen molar-refractivity contribution in [3.8, 4) is 0 Å². The average molecular weight is 323 g/mol. The zero-order valence-corrected chi connectivity index (χ0v) is 16.0. The monoisotopic (exact) mass is 322 g/mol. The van der Waals surface area contributed by atoms with Gasteiger partial charge in [-0.3, -0.25) is 0 Å². The number of nitrogens with zero attached hydrogens (tertiary/aromatic N) is 1. The van der Waals surface area contributed by atoms with Crippen molar-refractivity contribution in [3.63, 3.8) is 0 Å². The highest BCUT2D eigenvalue weighted by Crippen LogP contribution is 2.36. The second kappa shape index (κ2) is 10.7. The Morgan fingerprint density at radius 2 is 1.30 bits per heavy atom. The van der Waals surface area contributed by atoms with Crippen molar-refractivity contribution in [2.45, 2.75) is 103 Å². The van der Waals surface area contributed by atoms with Gasteiger partial charge in [-0.1, -0.05) is 71.6 Å². The van der Waals surface area contributed by atoms with Crippen molar-refractivity contribution in [3.05, 3.63) is 0 Å². The molecule has 2 nitrogen and oxygen atoms in total. The fourth-order valence-electron chi connectivity index (χ4n) is 4.50. The maximum atomic E-state index is 3.50. The first kappa shape index (κ1) is 19.2. The topological polar surface area (TPSA) is 15.3 Å². The first-order valence-electron chi connectivity index (χ1n) is 10.7. The van der Waals surface area contributed by atoms with Gasteiger partial charge in [0, 0.05) is 19.1 Å². The van der Waals surface area contributed by atoms with E-state index in [1.807, 2.05) is 0 Å². The second-order valence-electron chi connectivity index (χ2n) is 8.35. The Morgan fingerprint density at radius 3 is 1.78 bits per heavy atom. The number of nitrogens with one attached hydrogen (secondary N) is 1. The smallest absolute Gasteiger partial charge is 0.00952 e. The van der Waals surface area contributed by atoms with Crippen molar-refractivity contribution in [1.82, 2.24) is 10.2 Å². The Labute approximate surface area is 145 Å². The average Bonchev–Trinajstić information content (AvgIpc) is 2.55. The van der Waals surface area contributed by atoms with E-state index in [1.165, 1.54) is 110 Å². The molecule has 1 unspecified atom stereocenters. The van der Waals surface area contributed by atoms with E-state index in [0.717, 1.165) is 6.04 Å². The molecule has 1 atom stereocenters. The lowest BCUT2D eigenvalue weighted by atomic mass is 9.73. The van der Waals surface area contributed by atoms with Gasteiger partial charge >= 0.3 is 0 Å². The summed E-state index contributed by atoms with van der Waals surface area (Å²) in [5.41, 5.74) is 0.699. The Balaban J connectivity index is 1.70. The third kappa shape index (κ3) is 6.38. The highest BCUT2D eigenvalue weighted by molar-refractivity contribution is 4.96. The summed E-state index contributed by atoms with van der Waals surface area (Å²) in [4.78, 5) is 2.87. The maximum absolute atomic E-state index is 3.50. The predicted molar refractivity (Wildman–Crippen MR) is 102 cm³/mol. The first-order chi connectivity index (χ1) is 11.3. The zero-order chi connectivity index (χ0) is 16.4. The normalized spacial score (nSPS) is 22.2. The van der Waals surface area contributed by atoms with Crippen LogP contribution >= 0.6 is 0 Å². The van der Waals surface area contributed by atoms with Crippen LogP contribution in [-0.4, -0.2) is 37.1 Å². The summed E-state index contributed by atoms with van der Waals surface area (Å²) in [5.74, 6) is 0. The molecule has 1 N–H and O–H groups in total. The minimum atomic E-state index is 0.699. The van der Waals surface area contributed by atoms with Crippen molar-refractivity contribution in [2.24, 2.45) is 5.41 Å². The van der Waals surface area contributed by atoms with E-state index in [4.69, 9.17) is 0 Å². The number of rotatable bonds is 12. The van der Waals surface area contributed by atoms with Gasteiger partial charge in [-0.2, -0.15) is 0 Å².